The molecule has 0 saturated heterocycles. The number of para-hydroxylation sites is 2. The first-order chi connectivity index (χ1) is 17.1. The lowest BCUT2D eigenvalue weighted by atomic mass is 10.1. The van der Waals surface area contributed by atoms with Gasteiger partial charge in [-0.2, -0.15) is 0 Å². The standard InChI is InChI=1S/C29H25BrN2O3/c1-2-32(23-13-7-4-8-14-23)29(34)24-15-9-10-16-26(24)31-28(33)20-35-27-18-17-22(19-25(27)30)21-11-5-3-6-12-21/h3-19H,2,20H2,1H3,(H,31,33). The van der Waals surface area contributed by atoms with Crippen LogP contribution >= 0.6 is 15.9 Å². The van der Waals surface area contributed by atoms with Crippen LogP contribution in [0.3, 0.4) is 0 Å². The van der Waals surface area contributed by atoms with Crippen LogP contribution in [0.5, 0.6) is 5.75 Å². The summed E-state index contributed by atoms with van der Waals surface area (Å²) in [5.41, 5.74) is 3.79. The molecule has 0 aromatic heterocycles. The number of benzene rings is 4. The predicted octanol–water partition coefficient (Wildman–Crippen LogP) is 6.80. The van der Waals surface area contributed by atoms with E-state index in [9.17, 15) is 9.59 Å². The third-order valence-electron chi connectivity index (χ3n) is 5.46. The fourth-order valence-corrected chi connectivity index (χ4v) is 4.23. The van der Waals surface area contributed by atoms with Crippen LogP contribution in [0.1, 0.15) is 17.3 Å². The lowest BCUT2D eigenvalue weighted by molar-refractivity contribution is -0.118. The Kier molecular flexibility index (Phi) is 7.95. The highest BCUT2D eigenvalue weighted by molar-refractivity contribution is 9.10. The van der Waals surface area contributed by atoms with E-state index in [0.29, 0.717) is 23.5 Å². The maximum atomic E-state index is 13.3. The Morgan fingerprint density at radius 1 is 0.829 bits per heavy atom. The molecule has 0 spiro atoms. The minimum atomic E-state index is -0.355. The Labute approximate surface area is 213 Å². The molecular formula is C29H25BrN2O3. The van der Waals surface area contributed by atoms with Crippen LogP contribution in [0.4, 0.5) is 11.4 Å². The Hall–Kier alpha value is -3.90. The highest BCUT2D eigenvalue weighted by Crippen LogP contribution is 2.31. The number of amides is 2. The molecule has 35 heavy (non-hydrogen) atoms. The number of hydrogen-bond acceptors (Lipinski definition) is 3. The van der Waals surface area contributed by atoms with Gasteiger partial charge in [-0.05, 0) is 70.4 Å². The van der Waals surface area contributed by atoms with Crippen LogP contribution in [-0.2, 0) is 4.79 Å². The first kappa shape index (κ1) is 24.2. The van der Waals surface area contributed by atoms with Crippen molar-refractivity contribution in [3.05, 3.63) is 113 Å². The molecule has 0 unspecified atom stereocenters. The van der Waals surface area contributed by atoms with Crippen molar-refractivity contribution in [3.63, 3.8) is 0 Å². The van der Waals surface area contributed by atoms with E-state index in [4.69, 9.17) is 4.74 Å². The summed E-state index contributed by atoms with van der Waals surface area (Å²) in [7, 11) is 0. The minimum Gasteiger partial charge on any atom is -0.483 e. The number of halogens is 1. The van der Waals surface area contributed by atoms with Crippen LogP contribution in [0, 0.1) is 0 Å². The molecule has 0 radical (unpaired) electrons. The zero-order chi connectivity index (χ0) is 24.6. The van der Waals surface area contributed by atoms with Crippen molar-refractivity contribution in [2.45, 2.75) is 6.92 Å². The number of anilines is 2. The summed E-state index contributed by atoms with van der Waals surface area (Å²) in [6, 6.07) is 32.2. The fourth-order valence-electron chi connectivity index (χ4n) is 3.73. The fraction of sp³-hybridized carbons (Fsp3) is 0.103. The molecule has 0 bridgehead atoms. The van der Waals surface area contributed by atoms with E-state index in [1.807, 2.05) is 85.8 Å². The van der Waals surface area contributed by atoms with Crippen LogP contribution in [0.15, 0.2) is 108 Å². The molecule has 4 rings (SSSR count). The summed E-state index contributed by atoms with van der Waals surface area (Å²) >= 11 is 3.53. The summed E-state index contributed by atoms with van der Waals surface area (Å²) < 4.78 is 6.50. The molecule has 0 fully saturated rings. The maximum absolute atomic E-state index is 13.3. The molecule has 0 aliphatic carbocycles. The molecule has 0 saturated carbocycles. The van der Waals surface area contributed by atoms with Crippen LogP contribution < -0.4 is 15.0 Å². The van der Waals surface area contributed by atoms with Gasteiger partial charge in [0.05, 0.1) is 15.7 Å². The topological polar surface area (TPSA) is 58.6 Å². The van der Waals surface area contributed by atoms with Gasteiger partial charge in [-0.1, -0.05) is 66.7 Å². The minimum absolute atomic E-state index is 0.185. The molecule has 0 atom stereocenters. The Balaban J connectivity index is 1.43. The lowest BCUT2D eigenvalue weighted by Gasteiger charge is -2.22. The summed E-state index contributed by atoms with van der Waals surface area (Å²) in [5.74, 6) is 0.0206. The quantitative estimate of drug-likeness (QED) is 0.273. The number of ether oxygens (including phenoxy) is 1. The second-order valence-corrected chi connectivity index (χ2v) is 8.63. The monoisotopic (exact) mass is 528 g/mol. The second kappa shape index (κ2) is 11.5. The maximum Gasteiger partial charge on any atom is 0.262 e. The van der Waals surface area contributed by atoms with Gasteiger partial charge in [0.25, 0.3) is 11.8 Å². The smallest absolute Gasteiger partial charge is 0.262 e. The third-order valence-corrected chi connectivity index (χ3v) is 6.08. The zero-order valence-electron chi connectivity index (χ0n) is 19.3. The van der Waals surface area contributed by atoms with Gasteiger partial charge in [0, 0.05) is 12.2 Å². The van der Waals surface area contributed by atoms with Crippen molar-refractivity contribution in [2.75, 3.05) is 23.4 Å². The zero-order valence-corrected chi connectivity index (χ0v) is 20.9. The molecule has 0 aliphatic heterocycles. The summed E-state index contributed by atoms with van der Waals surface area (Å²) in [4.78, 5) is 27.7. The molecule has 0 aliphatic rings. The van der Waals surface area contributed by atoms with Crippen LogP contribution in [0.25, 0.3) is 11.1 Å². The Morgan fingerprint density at radius 2 is 1.49 bits per heavy atom. The van der Waals surface area contributed by atoms with E-state index in [2.05, 4.69) is 21.2 Å². The SMILES string of the molecule is CCN(C(=O)c1ccccc1NC(=O)COc1ccc(-c2ccccc2)cc1Br)c1ccccc1. The highest BCUT2D eigenvalue weighted by atomic mass is 79.9. The number of hydrogen-bond donors (Lipinski definition) is 1. The van der Waals surface area contributed by atoms with Crippen LogP contribution in [0.2, 0.25) is 0 Å². The molecule has 0 heterocycles. The van der Waals surface area contributed by atoms with E-state index in [-0.39, 0.29) is 18.4 Å². The third kappa shape index (κ3) is 5.97. The average Bonchev–Trinajstić information content (AvgIpc) is 2.90. The van der Waals surface area contributed by atoms with Crippen molar-refractivity contribution in [3.8, 4) is 16.9 Å². The molecule has 6 heteroatoms. The first-order valence-electron chi connectivity index (χ1n) is 11.3. The first-order valence-corrected chi connectivity index (χ1v) is 12.1. The summed E-state index contributed by atoms with van der Waals surface area (Å²) in [5, 5.41) is 2.82. The van der Waals surface area contributed by atoms with Gasteiger partial charge in [-0.3, -0.25) is 9.59 Å². The number of rotatable bonds is 8. The van der Waals surface area contributed by atoms with Gasteiger partial charge in [-0.15, -0.1) is 0 Å². The van der Waals surface area contributed by atoms with Gasteiger partial charge < -0.3 is 15.0 Å². The number of carbonyl (C=O) groups is 2. The van der Waals surface area contributed by atoms with Crippen LogP contribution in [-0.4, -0.2) is 25.0 Å². The molecule has 1 N–H and O–H groups in total. The largest absolute Gasteiger partial charge is 0.483 e. The molecule has 2 amide bonds. The molecule has 5 nitrogen and oxygen atoms in total. The van der Waals surface area contributed by atoms with Gasteiger partial charge in [0.1, 0.15) is 5.75 Å². The van der Waals surface area contributed by atoms with E-state index < -0.39 is 0 Å². The Morgan fingerprint density at radius 3 is 2.17 bits per heavy atom. The van der Waals surface area contributed by atoms with E-state index >= 15 is 0 Å². The van der Waals surface area contributed by atoms with Crippen molar-refractivity contribution in [2.24, 2.45) is 0 Å². The van der Waals surface area contributed by atoms with Gasteiger partial charge in [0.2, 0.25) is 0 Å². The Bertz CT molecular complexity index is 1310. The van der Waals surface area contributed by atoms with Crippen molar-refractivity contribution in [1.29, 1.82) is 0 Å². The summed E-state index contributed by atoms with van der Waals surface area (Å²) in [6.07, 6.45) is 0. The number of nitrogens with zero attached hydrogens (tertiary/aromatic N) is 1. The molecule has 4 aromatic carbocycles. The van der Waals surface area contributed by atoms with Gasteiger partial charge in [-0.25, -0.2) is 0 Å². The molecule has 176 valence electrons. The molecule has 4 aromatic rings. The lowest BCUT2D eigenvalue weighted by Crippen LogP contribution is -2.32. The van der Waals surface area contributed by atoms with Crippen molar-refractivity contribution in [1.82, 2.24) is 0 Å². The van der Waals surface area contributed by atoms with Gasteiger partial charge >= 0.3 is 0 Å². The predicted molar refractivity (Wildman–Crippen MR) is 144 cm³/mol. The van der Waals surface area contributed by atoms with Crippen molar-refractivity contribution >= 4 is 39.1 Å². The van der Waals surface area contributed by atoms with E-state index in [1.54, 1.807) is 29.2 Å². The second-order valence-electron chi connectivity index (χ2n) is 7.78. The van der Waals surface area contributed by atoms with Gasteiger partial charge in [0.15, 0.2) is 6.61 Å². The van der Waals surface area contributed by atoms with Crippen molar-refractivity contribution < 1.29 is 14.3 Å². The average molecular weight is 529 g/mol. The normalized spacial score (nSPS) is 10.5. The van der Waals surface area contributed by atoms with E-state index in [1.165, 1.54) is 0 Å². The van der Waals surface area contributed by atoms with E-state index in [0.717, 1.165) is 21.3 Å². The number of carbonyl (C=O) groups excluding carboxylic acids is 2. The molecular weight excluding hydrogens is 504 g/mol. The number of nitrogens with one attached hydrogen (secondary N) is 1. The summed E-state index contributed by atoms with van der Waals surface area (Å²) in [6.45, 7) is 2.23. The highest BCUT2D eigenvalue weighted by Gasteiger charge is 2.20.